The number of aliphatic hydroxyl groups excluding tert-OH is 1. The third-order valence-electron chi connectivity index (χ3n) is 2.94. The predicted octanol–water partition coefficient (Wildman–Crippen LogP) is 2.45. The van der Waals surface area contributed by atoms with Crippen LogP contribution in [-0.2, 0) is 13.5 Å². The Morgan fingerprint density at radius 2 is 2.24 bits per heavy atom. The molecule has 2 aromatic rings. The van der Waals surface area contributed by atoms with Crippen molar-refractivity contribution in [3.63, 3.8) is 0 Å². The van der Waals surface area contributed by atoms with E-state index in [0.29, 0.717) is 0 Å². The summed E-state index contributed by atoms with van der Waals surface area (Å²) in [5.41, 5.74) is 3.02. The highest BCUT2D eigenvalue weighted by Gasteiger charge is 2.13. The number of aliphatic hydroxyl groups is 1. The molecule has 1 atom stereocenters. The predicted molar refractivity (Wildman–Crippen MR) is 67.7 cm³/mol. The van der Waals surface area contributed by atoms with Gasteiger partial charge in [-0.2, -0.15) is 0 Å². The van der Waals surface area contributed by atoms with Crippen molar-refractivity contribution in [2.75, 3.05) is 0 Å². The summed E-state index contributed by atoms with van der Waals surface area (Å²) in [5, 5.41) is 10.3. The minimum atomic E-state index is -0.598. The number of nitrogens with zero attached hydrogens (tertiary/aromatic N) is 2. The van der Waals surface area contributed by atoms with Gasteiger partial charge in [0.05, 0.1) is 18.2 Å². The number of aromatic nitrogens is 2. The van der Waals surface area contributed by atoms with Gasteiger partial charge in [0.1, 0.15) is 6.10 Å². The minimum Gasteiger partial charge on any atom is -0.382 e. The van der Waals surface area contributed by atoms with Crippen molar-refractivity contribution < 1.29 is 5.11 Å². The van der Waals surface area contributed by atoms with Crippen molar-refractivity contribution in [1.82, 2.24) is 9.55 Å². The highest BCUT2D eigenvalue weighted by Crippen LogP contribution is 2.22. The first-order chi connectivity index (χ1) is 8.22. The van der Waals surface area contributed by atoms with Gasteiger partial charge in [0.25, 0.3) is 0 Å². The first-order valence-electron chi connectivity index (χ1n) is 5.95. The van der Waals surface area contributed by atoms with E-state index in [9.17, 15) is 5.11 Å². The Balaban J connectivity index is 2.28. The number of aryl methyl sites for hydroxylation is 2. The van der Waals surface area contributed by atoms with Gasteiger partial charge in [-0.1, -0.05) is 37.6 Å². The molecule has 3 nitrogen and oxygen atoms in total. The quantitative estimate of drug-likeness (QED) is 0.876. The van der Waals surface area contributed by atoms with Gasteiger partial charge in [0.2, 0.25) is 0 Å². The van der Waals surface area contributed by atoms with E-state index < -0.39 is 6.10 Å². The van der Waals surface area contributed by atoms with E-state index in [1.54, 1.807) is 12.5 Å². The second-order valence-corrected chi connectivity index (χ2v) is 4.33. The second kappa shape index (κ2) is 5.15. The van der Waals surface area contributed by atoms with Gasteiger partial charge in [-0.15, -0.1) is 0 Å². The highest BCUT2D eigenvalue weighted by molar-refractivity contribution is 5.29. The van der Waals surface area contributed by atoms with Crippen LogP contribution >= 0.6 is 0 Å². The van der Waals surface area contributed by atoms with Gasteiger partial charge < -0.3 is 9.67 Å². The molecule has 1 N–H and O–H groups in total. The monoisotopic (exact) mass is 230 g/mol. The van der Waals surface area contributed by atoms with Crippen molar-refractivity contribution in [3.05, 3.63) is 53.6 Å². The fraction of sp³-hybridized carbons (Fsp3) is 0.357. The van der Waals surface area contributed by atoms with Gasteiger partial charge in [-0.3, -0.25) is 0 Å². The summed E-state index contributed by atoms with van der Waals surface area (Å²) in [5.74, 6) is 0. The molecule has 1 aromatic heterocycles. The Bertz CT molecular complexity index is 490. The van der Waals surface area contributed by atoms with Crippen molar-refractivity contribution in [3.8, 4) is 0 Å². The van der Waals surface area contributed by atoms with Crippen LogP contribution in [0.25, 0.3) is 0 Å². The molecule has 0 fully saturated rings. The average Bonchev–Trinajstić information content (AvgIpc) is 2.75. The molecule has 0 aliphatic heterocycles. The molecule has 0 aliphatic rings. The summed E-state index contributed by atoms with van der Waals surface area (Å²) in [4.78, 5) is 4.03. The van der Waals surface area contributed by atoms with E-state index in [1.807, 2.05) is 23.7 Å². The largest absolute Gasteiger partial charge is 0.382 e. The maximum atomic E-state index is 10.3. The molecule has 0 saturated carbocycles. The molecule has 2 rings (SSSR count). The van der Waals surface area contributed by atoms with Gasteiger partial charge in [-0.05, 0) is 17.5 Å². The standard InChI is InChI=1S/C14H18N2O/c1-3-5-11-6-4-7-12(8-11)14(17)13-9-15-10-16(13)2/h4,6-10,14,17H,3,5H2,1-2H3. The smallest absolute Gasteiger partial charge is 0.121 e. The maximum Gasteiger partial charge on any atom is 0.121 e. The summed E-state index contributed by atoms with van der Waals surface area (Å²) >= 11 is 0. The normalized spacial score (nSPS) is 12.6. The Morgan fingerprint density at radius 1 is 1.41 bits per heavy atom. The van der Waals surface area contributed by atoms with Gasteiger partial charge in [0.15, 0.2) is 0 Å². The van der Waals surface area contributed by atoms with E-state index in [0.717, 1.165) is 24.1 Å². The highest BCUT2D eigenvalue weighted by atomic mass is 16.3. The summed E-state index contributed by atoms with van der Waals surface area (Å²) in [6.45, 7) is 2.16. The molecule has 0 radical (unpaired) electrons. The summed E-state index contributed by atoms with van der Waals surface area (Å²) in [7, 11) is 1.89. The van der Waals surface area contributed by atoms with Crippen LogP contribution in [0.4, 0.5) is 0 Å². The van der Waals surface area contributed by atoms with Crippen LogP contribution in [0.5, 0.6) is 0 Å². The zero-order chi connectivity index (χ0) is 12.3. The third kappa shape index (κ3) is 2.56. The molecule has 0 spiro atoms. The molecule has 1 heterocycles. The van der Waals surface area contributed by atoms with Crippen LogP contribution in [0.2, 0.25) is 0 Å². The lowest BCUT2D eigenvalue weighted by Crippen LogP contribution is -2.05. The van der Waals surface area contributed by atoms with Gasteiger partial charge >= 0.3 is 0 Å². The maximum absolute atomic E-state index is 10.3. The number of hydrogen-bond donors (Lipinski definition) is 1. The first kappa shape index (κ1) is 11.9. The Kier molecular flexibility index (Phi) is 3.59. The molecular formula is C14H18N2O. The van der Waals surface area contributed by atoms with Crippen LogP contribution in [0.1, 0.15) is 36.3 Å². The van der Waals surface area contributed by atoms with E-state index >= 15 is 0 Å². The molecule has 3 heteroatoms. The average molecular weight is 230 g/mol. The van der Waals surface area contributed by atoms with Crippen LogP contribution < -0.4 is 0 Å². The zero-order valence-electron chi connectivity index (χ0n) is 10.3. The first-order valence-corrected chi connectivity index (χ1v) is 5.95. The summed E-state index contributed by atoms with van der Waals surface area (Å²) in [6.07, 6.45) is 4.97. The molecule has 0 bridgehead atoms. The van der Waals surface area contributed by atoms with Crippen molar-refractivity contribution in [2.24, 2.45) is 7.05 Å². The van der Waals surface area contributed by atoms with Crippen molar-refractivity contribution in [2.45, 2.75) is 25.9 Å². The Hall–Kier alpha value is -1.61. The number of rotatable bonds is 4. The van der Waals surface area contributed by atoms with Crippen LogP contribution in [0.3, 0.4) is 0 Å². The molecular weight excluding hydrogens is 212 g/mol. The number of hydrogen-bond acceptors (Lipinski definition) is 2. The minimum absolute atomic E-state index is 0.598. The molecule has 0 aliphatic carbocycles. The van der Waals surface area contributed by atoms with E-state index in [1.165, 1.54) is 5.56 Å². The van der Waals surface area contributed by atoms with Crippen LogP contribution in [0, 0.1) is 0 Å². The Labute approximate surface area is 102 Å². The number of benzene rings is 1. The van der Waals surface area contributed by atoms with E-state index in [4.69, 9.17) is 0 Å². The lowest BCUT2D eigenvalue weighted by atomic mass is 10.0. The van der Waals surface area contributed by atoms with Crippen molar-refractivity contribution in [1.29, 1.82) is 0 Å². The summed E-state index contributed by atoms with van der Waals surface area (Å²) in [6, 6.07) is 8.13. The van der Waals surface area contributed by atoms with E-state index in [2.05, 4.69) is 24.0 Å². The lowest BCUT2D eigenvalue weighted by Gasteiger charge is -2.12. The fourth-order valence-corrected chi connectivity index (χ4v) is 2.01. The number of imidazole rings is 1. The molecule has 1 aromatic carbocycles. The van der Waals surface area contributed by atoms with Gasteiger partial charge in [0, 0.05) is 7.05 Å². The molecule has 1 unspecified atom stereocenters. The summed E-state index contributed by atoms with van der Waals surface area (Å²) < 4.78 is 1.84. The van der Waals surface area contributed by atoms with Gasteiger partial charge in [-0.25, -0.2) is 4.98 Å². The second-order valence-electron chi connectivity index (χ2n) is 4.33. The van der Waals surface area contributed by atoms with Crippen LogP contribution in [0.15, 0.2) is 36.8 Å². The van der Waals surface area contributed by atoms with E-state index in [-0.39, 0.29) is 0 Å². The topological polar surface area (TPSA) is 38.1 Å². The zero-order valence-corrected chi connectivity index (χ0v) is 10.3. The molecule has 0 saturated heterocycles. The Morgan fingerprint density at radius 3 is 2.88 bits per heavy atom. The lowest BCUT2D eigenvalue weighted by molar-refractivity contribution is 0.211. The fourth-order valence-electron chi connectivity index (χ4n) is 2.01. The molecule has 17 heavy (non-hydrogen) atoms. The van der Waals surface area contributed by atoms with Crippen LogP contribution in [-0.4, -0.2) is 14.7 Å². The third-order valence-corrected chi connectivity index (χ3v) is 2.94. The molecule has 90 valence electrons. The van der Waals surface area contributed by atoms with Crippen molar-refractivity contribution >= 4 is 0 Å². The SMILES string of the molecule is CCCc1cccc(C(O)c2cncn2C)c1. The molecule has 0 amide bonds.